The van der Waals surface area contributed by atoms with E-state index in [9.17, 15) is 0 Å². The number of rotatable bonds is 3. The third-order valence-corrected chi connectivity index (χ3v) is 2.85. The van der Waals surface area contributed by atoms with Crippen LogP contribution in [0.2, 0.25) is 0 Å². The van der Waals surface area contributed by atoms with E-state index in [1.165, 1.54) is 24.2 Å². The summed E-state index contributed by atoms with van der Waals surface area (Å²) in [7, 11) is 0. The maximum atomic E-state index is 8.90. The summed E-state index contributed by atoms with van der Waals surface area (Å²) in [5.41, 5.74) is 0.274. The molecule has 0 unspecified atom stereocenters. The smallest absolute Gasteiger partial charge is 0.215 e. The van der Waals surface area contributed by atoms with Crippen LogP contribution in [0.1, 0.15) is 25.6 Å². The molecule has 0 saturated carbocycles. The Morgan fingerprint density at radius 3 is 2.82 bits per heavy atom. The summed E-state index contributed by atoms with van der Waals surface area (Å²) >= 11 is 1.23. The molecule has 2 rings (SSSR count). The predicted molar refractivity (Wildman–Crippen MR) is 59.1 cm³/mol. The Morgan fingerprint density at radius 1 is 1.35 bits per heavy atom. The van der Waals surface area contributed by atoms with Gasteiger partial charge in [-0.1, -0.05) is 0 Å². The first kappa shape index (κ1) is 11.5. The van der Waals surface area contributed by atoms with Crippen LogP contribution >= 0.6 is 11.8 Å². The third kappa shape index (κ3) is 2.39. The molecule has 0 N–H and O–H groups in total. The van der Waals surface area contributed by atoms with Crippen LogP contribution in [-0.4, -0.2) is 30.2 Å². The molecule has 2 aromatic heterocycles. The lowest BCUT2D eigenvalue weighted by Crippen LogP contribution is -2.05. The molecule has 0 saturated heterocycles. The predicted octanol–water partition coefficient (Wildman–Crippen LogP) is 1.07. The zero-order valence-corrected chi connectivity index (χ0v) is 10.1. The molecular weight excluding hydrogens is 238 g/mol. The topological polar surface area (TPSA) is 93.2 Å². The quantitative estimate of drug-likeness (QED) is 0.800. The molecule has 8 heteroatoms. The van der Waals surface area contributed by atoms with Gasteiger partial charge in [-0.2, -0.15) is 5.26 Å². The molecular formula is C9H9N7S. The maximum absolute atomic E-state index is 8.90. The van der Waals surface area contributed by atoms with Crippen LogP contribution in [-0.2, 0) is 0 Å². The van der Waals surface area contributed by atoms with E-state index in [0.717, 1.165) is 0 Å². The van der Waals surface area contributed by atoms with Crippen molar-refractivity contribution in [2.24, 2.45) is 0 Å². The summed E-state index contributed by atoms with van der Waals surface area (Å²) in [6.45, 7) is 3.95. The Balaban J connectivity index is 2.32. The fourth-order valence-electron chi connectivity index (χ4n) is 1.14. The van der Waals surface area contributed by atoms with Crippen LogP contribution in [0.3, 0.4) is 0 Å². The highest BCUT2D eigenvalue weighted by Gasteiger charge is 2.14. The molecule has 0 spiro atoms. The van der Waals surface area contributed by atoms with Crippen molar-refractivity contribution in [1.29, 1.82) is 5.26 Å². The van der Waals surface area contributed by atoms with Crippen LogP contribution in [0.5, 0.6) is 0 Å². The monoisotopic (exact) mass is 247 g/mol. The zero-order valence-electron chi connectivity index (χ0n) is 9.27. The molecule has 2 heterocycles. The van der Waals surface area contributed by atoms with Crippen LogP contribution < -0.4 is 0 Å². The Hall–Kier alpha value is -2.01. The molecule has 0 aliphatic heterocycles. The summed E-state index contributed by atoms with van der Waals surface area (Å²) in [6.07, 6.45) is 3.01. The fourth-order valence-corrected chi connectivity index (χ4v) is 2.04. The molecule has 7 nitrogen and oxygen atoms in total. The lowest BCUT2D eigenvalue weighted by molar-refractivity contribution is 0.477. The summed E-state index contributed by atoms with van der Waals surface area (Å²) in [5, 5.41) is 21.4. The zero-order chi connectivity index (χ0) is 12.3. The van der Waals surface area contributed by atoms with Crippen LogP contribution in [0.15, 0.2) is 22.6 Å². The fraction of sp³-hybridized carbons (Fsp3) is 0.333. The molecule has 0 aromatic carbocycles. The standard InChI is InChI=1S/C9H9N7S/c1-6(2)16-9(13-14-15-16)17-8-7(5-10)11-3-4-12-8/h3-4,6H,1-2H3. The van der Waals surface area contributed by atoms with Gasteiger partial charge < -0.3 is 0 Å². The second-order valence-electron chi connectivity index (χ2n) is 3.42. The van der Waals surface area contributed by atoms with Crippen molar-refractivity contribution in [3.63, 3.8) is 0 Å². The molecule has 0 amide bonds. The minimum absolute atomic E-state index is 0.148. The van der Waals surface area contributed by atoms with E-state index in [-0.39, 0.29) is 11.7 Å². The highest BCUT2D eigenvalue weighted by atomic mass is 32.2. The summed E-state index contributed by atoms with van der Waals surface area (Å²) in [6, 6.07) is 2.13. The number of hydrogen-bond donors (Lipinski definition) is 0. The Labute approximate surface area is 102 Å². The van der Waals surface area contributed by atoms with E-state index in [1.807, 2.05) is 19.9 Å². The van der Waals surface area contributed by atoms with Gasteiger partial charge in [0.25, 0.3) is 0 Å². The van der Waals surface area contributed by atoms with Gasteiger partial charge in [-0.25, -0.2) is 14.6 Å². The van der Waals surface area contributed by atoms with Gasteiger partial charge in [-0.3, -0.25) is 0 Å². The molecule has 2 aromatic rings. The van der Waals surface area contributed by atoms with E-state index in [1.54, 1.807) is 4.68 Å². The first-order valence-electron chi connectivity index (χ1n) is 4.89. The second-order valence-corrected chi connectivity index (χ2v) is 4.38. The molecule has 86 valence electrons. The SMILES string of the molecule is CC(C)n1nnnc1Sc1nccnc1C#N. The van der Waals surface area contributed by atoms with Crippen molar-refractivity contribution in [2.45, 2.75) is 30.1 Å². The minimum atomic E-state index is 0.148. The number of nitriles is 1. The number of aromatic nitrogens is 6. The molecule has 0 aliphatic rings. The van der Waals surface area contributed by atoms with Crippen molar-refractivity contribution in [3.8, 4) is 6.07 Å². The molecule has 0 radical (unpaired) electrons. The van der Waals surface area contributed by atoms with Gasteiger partial charge in [0, 0.05) is 12.4 Å². The molecule has 0 atom stereocenters. The number of nitrogens with zero attached hydrogens (tertiary/aromatic N) is 7. The highest BCUT2D eigenvalue weighted by Crippen LogP contribution is 2.26. The molecule has 0 aliphatic carbocycles. The highest BCUT2D eigenvalue weighted by molar-refractivity contribution is 7.99. The van der Waals surface area contributed by atoms with Crippen molar-refractivity contribution in [3.05, 3.63) is 18.1 Å². The average molecular weight is 247 g/mol. The Bertz CT molecular complexity index is 556. The first-order chi connectivity index (χ1) is 8.22. The van der Waals surface area contributed by atoms with Crippen molar-refractivity contribution < 1.29 is 0 Å². The van der Waals surface area contributed by atoms with Crippen LogP contribution in [0.25, 0.3) is 0 Å². The van der Waals surface area contributed by atoms with Gasteiger partial charge >= 0.3 is 0 Å². The van der Waals surface area contributed by atoms with Gasteiger partial charge in [0.2, 0.25) is 5.16 Å². The molecule has 17 heavy (non-hydrogen) atoms. The van der Waals surface area contributed by atoms with Crippen molar-refractivity contribution in [1.82, 2.24) is 30.2 Å². The second kappa shape index (κ2) is 4.88. The third-order valence-electron chi connectivity index (χ3n) is 1.91. The average Bonchev–Trinajstić information content (AvgIpc) is 2.78. The Kier molecular flexibility index (Phi) is 3.30. The van der Waals surface area contributed by atoms with Gasteiger partial charge in [-0.05, 0) is 36.0 Å². The van der Waals surface area contributed by atoms with Crippen LogP contribution in [0, 0.1) is 11.3 Å². The maximum Gasteiger partial charge on any atom is 0.215 e. The lowest BCUT2D eigenvalue weighted by Gasteiger charge is -2.06. The molecule has 0 fully saturated rings. The van der Waals surface area contributed by atoms with E-state index in [2.05, 4.69) is 25.5 Å². The summed E-state index contributed by atoms with van der Waals surface area (Å²) in [5.74, 6) is 0. The number of hydrogen-bond acceptors (Lipinski definition) is 7. The summed E-state index contributed by atoms with van der Waals surface area (Å²) < 4.78 is 1.67. The van der Waals surface area contributed by atoms with Crippen molar-refractivity contribution in [2.75, 3.05) is 0 Å². The van der Waals surface area contributed by atoms with E-state index in [0.29, 0.717) is 10.2 Å². The van der Waals surface area contributed by atoms with E-state index >= 15 is 0 Å². The van der Waals surface area contributed by atoms with E-state index in [4.69, 9.17) is 5.26 Å². The lowest BCUT2D eigenvalue weighted by atomic mass is 10.4. The van der Waals surface area contributed by atoms with Gasteiger partial charge in [-0.15, -0.1) is 5.10 Å². The normalized spacial score (nSPS) is 10.5. The van der Waals surface area contributed by atoms with E-state index < -0.39 is 0 Å². The summed E-state index contributed by atoms with van der Waals surface area (Å²) in [4.78, 5) is 8.02. The Morgan fingerprint density at radius 2 is 2.12 bits per heavy atom. The first-order valence-corrected chi connectivity index (χ1v) is 5.71. The molecule has 0 bridgehead atoms. The van der Waals surface area contributed by atoms with Gasteiger partial charge in [0.1, 0.15) is 11.1 Å². The number of tetrazole rings is 1. The van der Waals surface area contributed by atoms with Crippen LogP contribution in [0.4, 0.5) is 0 Å². The van der Waals surface area contributed by atoms with Gasteiger partial charge in [0.15, 0.2) is 5.69 Å². The largest absolute Gasteiger partial charge is 0.245 e. The van der Waals surface area contributed by atoms with Crippen molar-refractivity contribution >= 4 is 11.8 Å². The minimum Gasteiger partial charge on any atom is -0.245 e. The van der Waals surface area contributed by atoms with Gasteiger partial charge in [0.05, 0.1) is 6.04 Å².